The fraction of sp³-hybridized carbons (Fsp3) is 1.00. The molecule has 0 aromatic carbocycles. The van der Waals surface area contributed by atoms with Crippen LogP contribution in [0.2, 0.25) is 0 Å². The van der Waals surface area contributed by atoms with Crippen LogP contribution in [0.25, 0.3) is 0 Å². The molecule has 15 heavy (non-hydrogen) atoms. The third-order valence-electron chi connectivity index (χ3n) is 3.80. The van der Waals surface area contributed by atoms with Crippen molar-refractivity contribution in [1.82, 2.24) is 15.1 Å². The van der Waals surface area contributed by atoms with Gasteiger partial charge in [0.1, 0.15) is 0 Å². The standard InChI is InChI=1S/C12H25N3/c1-14(2)8-4-9-15-10-7-13-11-5-3-6-12(11)15/h11-13H,3-10H2,1-2H3/t11-,12+/m1/s1. The predicted molar refractivity (Wildman–Crippen MR) is 64.2 cm³/mol. The van der Waals surface area contributed by atoms with Gasteiger partial charge in [-0.3, -0.25) is 4.90 Å². The molecule has 0 aromatic heterocycles. The zero-order chi connectivity index (χ0) is 10.7. The van der Waals surface area contributed by atoms with E-state index in [1.807, 2.05) is 0 Å². The third-order valence-corrected chi connectivity index (χ3v) is 3.80. The molecule has 1 saturated heterocycles. The third kappa shape index (κ3) is 2.92. The van der Waals surface area contributed by atoms with Gasteiger partial charge in [-0.25, -0.2) is 0 Å². The van der Waals surface area contributed by atoms with Crippen molar-refractivity contribution in [3.05, 3.63) is 0 Å². The van der Waals surface area contributed by atoms with E-state index in [0.29, 0.717) is 0 Å². The first-order chi connectivity index (χ1) is 7.27. The van der Waals surface area contributed by atoms with E-state index in [9.17, 15) is 0 Å². The molecule has 0 spiro atoms. The highest BCUT2D eigenvalue weighted by molar-refractivity contribution is 4.93. The molecule has 1 aliphatic carbocycles. The molecule has 1 aliphatic heterocycles. The largest absolute Gasteiger partial charge is 0.311 e. The molecule has 0 bridgehead atoms. The van der Waals surface area contributed by atoms with Gasteiger partial charge >= 0.3 is 0 Å². The van der Waals surface area contributed by atoms with Gasteiger partial charge in [0, 0.05) is 25.2 Å². The summed E-state index contributed by atoms with van der Waals surface area (Å²) in [6, 6.07) is 1.65. The highest BCUT2D eigenvalue weighted by Gasteiger charge is 2.34. The van der Waals surface area contributed by atoms with Gasteiger partial charge in [0.2, 0.25) is 0 Å². The van der Waals surface area contributed by atoms with Gasteiger partial charge in [0.05, 0.1) is 0 Å². The van der Waals surface area contributed by atoms with E-state index in [1.165, 1.54) is 51.9 Å². The van der Waals surface area contributed by atoms with Crippen molar-refractivity contribution in [2.24, 2.45) is 0 Å². The summed E-state index contributed by atoms with van der Waals surface area (Å²) in [5, 5.41) is 3.66. The molecule has 1 saturated carbocycles. The lowest BCUT2D eigenvalue weighted by Crippen LogP contribution is -2.55. The molecule has 2 aliphatic rings. The maximum atomic E-state index is 3.66. The number of hydrogen-bond acceptors (Lipinski definition) is 3. The Balaban J connectivity index is 1.75. The van der Waals surface area contributed by atoms with E-state index in [1.54, 1.807) is 0 Å². The molecular formula is C12H25N3. The number of rotatable bonds is 4. The molecule has 0 unspecified atom stereocenters. The molecule has 0 radical (unpaired) electrons. The second kappa shape index (κ2) is 5.28. The van der Waals surface area contributed by atoms with Crippen LogP contribution in [0.1, 0.15) is 25.7 Å². The highest BCUT2D eigenvalue weighted by Crippen LogP contribution is 2.26. The van der Waals surface area contributed by atoms with Crippen molar-refractivity contribution >= 4 is 0 Å². The van der Waals surface area contributed by atoms with Crippen molar-refractivity contribution in [2.75, 3.05) is 40.3 Å². The Kier molecular flexibility index (Phi) is 4.00. The van der Waals surface area contributed by atoms with Gasteiger partial charge < -0.3 is 10.2 Å². The molecule has 1 heterocycles. The summed E-state index contributed by atoms with van der Waals surface area (Å²) in [4.78, 5) is 5.01. The summed E-state index contributed by atoms with van der Waals surface area (Å²) < 4.78 is 0. The Morgan fingerprint density at radius 1 is 1.33 bits per heavy atom. The van der Waals surface area contributed by atoms with E-state index < -0.39 is 0 Å². The van der Waals surface area contributed by atoms with Crippen LogP contribution < -0.4 is 5.32 Å². The summed E-state index contributed by atoms with van der Waals surface area (Å²) >= 11 is 0. The molecule has 3 nitrogen and oxygen atoms in total. The second-order valence-electron chi connectivity index (χ2n) is 5.25. The fourth-order valence-electron chi connectivity index (χ4n) is 3.04. The Morgan fingerprint density at radius 3 is 3.00 bits per heavy atom. The first-order valence-electron chi connectivity index (χ1n) is 6.39. The van der Waals surface area contributed by atoms with E-state index in [0.717, 1.165) is 12.1 Å². The summed E-state index contributed by atoms with van der Waals surface area (Å²) in [5.74, 6) is 0. The molecule has 0 amide bonds. The Hall–Kier alpha value is -0.120. The van der Waals surface area contributed by atoms with Crippen molar-refractivity contribution in [2.45, 2.75) is 37.8 Å². The zero-order valence-electron chi connectivity index (χ0n) is 10.2. The number of nitrogens with zero attached hydrogens (tertiary/aromatic N) is 2. The minimum atomic E-state index is 0.804. The van der Waals surface area contributed by atoms with Crippen LogP contribution in [0.15, 0.2) is 0 Å². The molecule has 3 heteroatoms. The monoisotopic (exact) mass is 211 g/mol. The van der Waals surface area contributed by atoms with Crippen LogP contribution in [0.4, 0.5) is 0 Å². The van der Waals surface area contributed by atoms with E-state index in [2.05, 4.69) is 29.2 Å². The summed E-state index contributed by atoms with van der Waals surface area (Å²) in [5.41, 5.74) is 0. The van der Waals surface area contributed by atoms with Crippen molar-refractivity contribution in [3.8, 4) is 0 Å². The maximum Gasteiger partial charge on any atom is 0.0249 e. The molecule has 0 aromatic rings. The van der Waals surface area contributed by atoms with Crippen LogP contribution in [0.3, 0.4) is 0 Å². The predicted octanol–water partition coefficient (Wildman–Crippen LogP) is 0.764. The normalized spacial score (nSPS) is 32.2. The first kappa shape index (κ1) is 11.4. The smallest absolute Gasteiger partial charge is 0.0249 e. The molecular weight excluding hydrogens is 186 g/mol. The Morgan fingerprint density at radius 2 is 2.20 bits per heavy atom. The average Bonchev–Trinajstić information content (AvgIpc) is 2.65. The first-order valence-corrected chi connectivity index (χ1v) is 6.39. The molecule has 2 atom stereocenters. The van der Waals surface area contributed by atoms with Gasteiger partial charge in [-0.05, 0) is 46.4 Å². The minimum Gasteiger partial charge on any atom is -0.311 e. The van der Waals surface area contributed by atoms with Crippen LogP contribution in [-0.4, -0.2) is 62.2 Å². The topological polar surface area (TPSA) is 18.5 Å². The van der Waals surface area contributed by atoms with Crippen molar-refractivity contribution < 1.29 is 0 Å². The SMILES string of the molecule is CN(C)CCCN1CCN[C@@H]2CCC[C@@H]21. The number of nitrogens with one attached hydrogen (secondary N) is 1. The maximum absolute atomic E-state index is 3.66. The van der Waals surface area contributed by atoms with Gasteiger partial charge in [-0.15, -0.1) is 0 Å². The van der Waals surface area contributed by atoms with E-state index in [-0.39, 0.29) is 0 Å². The molecule has 88 valence electrons. The lowest BCUT2D eigenvalue weighted by molar-refractivity contribution is 0.132. The lowest BCUT2D eigenvalue weighted by atomic mass is 10.1. The van der Waals surface area contributed by atoms with Crippen LogP contribution in [-0.2, 0) is 0 Å². The number of piperazine rings is 1. The van der Waals surface area contributed by atoms with Gasteiger partial charge in [0.15, 0.2) is 0 Å². The summed E-state index contributed by atoms with van der Waals surface area (Å²) in [6.45, 7) is 4.97. The minimum absolute atomic E-state index is 0.804. The zero-order valence-corrected chi connectivity index (χ0v) is 10.2. The van der Waals surface area contributed by atoms with E-state index >= 15 is 0 Å². The van der Waals surface area contributed by atoms with Crippen molar-refractivity contribution in [3.63, 3.8) is 0 Å². The summed E-state index contributed by atoms with van der Waals surface area (Å²) in [7, 11) is 4.33. The molecule has 1 N–H and O–H groups in total. The van der Waals surface area contributed by atoms with E-state index in [4.69, 9.17) is 0 Å². The van der Waals surface area contributed by atoms with Gasteiger partial charge in [-0.2, -0.15) is 0 Å². The van der Waals surface area contributed by atoms with Crippen LogP contribution in [0.5, 0.6) is 0 Å². The fourth-order valence-corrected chi connectivity index (χ4v) is 3.04. The lowest BCUT2D eigenvalue weighted by Gasteiger charge is -2.38. The second-order valence-corrected chi connectivity index (χ2v) is 5.25. The van der Waals surface area contributed by atoms with Crippen LogP contribution >= 0.6 is 0 Å². The Labute approximate surface area is 93.8 Å². The quantitative estimate of drug-likeness (QED) is 0.741. The van der Waals surface area contributed by atoms with Gasteiger partial charge in [-0.1, -0.05) is 6.42 Å². The summed E-state index contributed by atoms with van der Waals surface area (Å²) in [6.07, 6.45) is 5.55. The number of fused-ring (bicyclic) bond motifs is 1. The molecule has 2 fully saturated rings. The highest BCUT2D eigenvalue weighted by atomic mass is 15.2. The number of hydrogen-bond donors (Lipinski definition) is 1. The van der Waals surface area contributed by atoms with Crippen LogP contribution in [0, 0.1) is 0 Å². The van der Waals surface area contributed by atoms with Crippen molar-refractivity contribution in [1.29, 1.82) is 0 Å². The average molecular weight is 211 g/mol. The van der Waals surface area contributed by atoms with Gasteiger partial charge in [0.25, 0.3) is 0 Å². The Bertz CT molecular complexity index is 193. The molecule has 2 rings (SSSR count).